The molecule has 0 aromatic carbocycles. The molecule has 114 valence electrons. The Morgan fingerprint density at radius 1 is 1.43 bits per heavy atom. The molecule has 2 rings (SSSR count). The standard InChI is InChI=1S/C14H19N3O4/c1-21-9-8-16-6-3-7-17(10-13(16)18)12-5-2-4-11(15-12)14(19)20/h2,4-5H,3,6-10H2,1H3,(H,19,20). The van der Waals surface area contributed by atoms with E-state index in [9.17, 15) is 9.59 Å². The zero-order valence-corrected chi connectivity index (χ0v) is 12.0. The van der Waals surface area contributed by atoms with Gasteiger partial charge in [-0.25, -0.2) is 9.78 Å². The van der Waals surface area contributed by atoms with E-state index in [0.29, 0.717) is 32.1 Å². The number of nitrogens with zero attached hydrogens (tertiary/aromatic N) is 3. The number of ether oxygens (including phenoxy) is 1. The molecule has 21 heavy (non-hydrogen) atoms. The van der Waals surface area contributed by atoms with Crippen LogP contribution in [-0.4, -0.2) is 66.8 Å². The van der Waals surface area contributed by atoms with Crippen LogP contribution in [0.15, 0.2) is 18.2 Å². The first-order valence-corrected chi connectivity index (χ1v) is 6.84. The van der Waals surface area contributed by atoms with Crippen molar-refractivity contribution in [1.82, 2.24) is 9.88 Å². The van der Waals surface area contributed by atoms with Crippen LogP contribution in [0.25, 0.3) is 0 Å². The molecule has 1 aromatic rings. The fourth-order valence-corrected chi connectivity index (χ4v) is 2.27. The van der Waals surface area contributed by atoms with Gasteiger partial charge in [0.1, 0.15) is 5.82 Å². The lowest BCUT2D eigenvalue weighted by atomic mass is 10.3. The van der Waals surface area contributed by atoms with E-state index in [1.165, 1.54) is 6.07 Å². The Hall–Kier alpha value is -2.15. The van der Waals surface area contributed by atoms with Gasteiger partial charge in [-0.15, -0.1) is 0 Å². The maximum Gasteiger partial charge on any atom is 0.354 e. The maximum atomic E-state index is 12.2. The monoisotopic (exact) mass is 293 g/mol. The average molecular weight is 293 g/mol. The van der Waals surface area contributed by atoms with Gasteiger partial charge >= 0.3 is 5.97 Å². The fourth-order valence-electron chi connectivity index (χ4n) is 2.27. The van der Waals surface area contributed by atoms with Gasteiger partial charge in [0.25, 0.3) is 0 Å². The molecule has 7 heteroatoms. The second-order valence-electron chi connectivity index (χ2n) is 4.83. The van der Waals surface area contributed by atoms with Crippen LogP contribution < -0.4 is 4.90 Å². The minimum atomic E-state index is -1.07. The SMILES string of the molecule is COCCN1CCCN(c2cccc(C(=O)O)n2)CC1=O. The Kier molecular flexibility index (Phi) is 5.10. The van der Waals surface area contributed by atoms with Gasteiger partial charge in [0.05, 0.1) is 13.2 Å². The van der Waals surface area contributed by atoms with Gasteiger partial charge in [-0.05, 0) is 18.6 Å². The summed E-state index contributed by atoms with van der Waals surface area (Å²) in [6.45, 7) is 2.65. The summed E-state index contributed by atoms with van der Waals surface area (Å²) >= 11 is 0. The Morgan fingerprint density at radius 3 is 2.95 bits per heavy atom. The molecule has 7 nitrogen and oxygen atoms in total. The molecule has 0 radical (unpaired) electrons. The lowest BCUT2D eigenvalue weighted by Crippen LogP contribution is -2.38. The molecule has 0 aliphatic carbocycles. The van der Waals surface area contributed by atoms with Crippen molar-refractivity contribution in [1.29, 1.82) is 0 Å². The van der Waals surface area contributed by atoms with Gasteiger partial charge in [-0.3, -0.25) is 4.79 Å². The summed E-state index contributed by atoms with van der Waals surface area (Å²) < 4.78 is 5.00. The van der Waals surface area contributed by atoms with Crippen molar-refractivity contribution in [3.63, 3.8) is 0 Å². The van der Waals surface area contributed by atoms with E-state index < -0.39 is 5.97 Å². The smallest absolute Gasteiger partial charge is 0.354 e. The lowest BCUT2D eigenvalue weighted by molar-refractivity contribution is -0.129. The number of rotatable bonds is 5. The predicted molar refractivity (Wildman–Crippen MR) is 76.5 cm³/mol. The average Bonchev–Trinajstić information content (AvgIpc) is 2.67. The highest BCUT2D eigenvalue weighted by Gasteiger charge is 2.22. The summed E-state index contributed by atoms with van der Waals surface area (Å²) in [6.07, 6.45) is 0.814. The quantitative estimate of drug-likeness (QED) is 0.849. The van der Waals surface area contributed by atoms with E-state index in [2.05, 4.69) is 4.98 Å². The molecule has 0 saturated carbocycles. The third-order valence-electron chi connectivity index (χ3n) is 3.38. The third kappa shape index (κ3) is 3.91. The second kappa shape index (κ2) is 7.03. The number of carbonyl (C=O) groups is 2. The number of carboxylic acids is 1. The summed E-state index contributed by atoms with van der Waals surface area (Å²) in [5, 5.41) is 8.98. The zero-order chi connectivity index (χ0) is 15.2. The number of hydrogen-bond acceptors (Lipinski definition) is 5. The number of anilines is 1. The molecule has 1 aliphatic heterocycles. The topological polar surface area (TPSA) is 83.0 Å². The van der Waals surface area contributed by atoms with Crippen LogP contribution in [0.2, 0.25) is 0 Å². The summed E-state index contributed by atoms with van der Waals surface area (Å²) in [5.41, 5.74) is -0.0135. The maximum absolute atomic E-state index is 12.2. The lowest BCUT2D eigenvalue weighted by Gasteiger charge is -2.22. The molecule has 0 unspecified atom stereocenters. The first-order chi connectivity index (χ1) is 10.1. The summed E-state index contributed by atoms with van der Waals surface area (Å²) in [6, 6.07) is 4.81. The number of pyridine rings is 1. The Morgan fingerprint density at radius 2 is 2.24 bits per heavy atom. The van der Waals surface area contributed by atoms with E-state index in [0.717, 1.165) is 6.42 Å². The summed E-state index contributed by atoms with van der Waals surface area (Å²) in [7, 11) is 1.61. The number of carboxylic acid groups (broad SMARTS) is 1. The molecular formula is C14H19N3O4. The summed E-state index contributed by atoms with van der Waals surface area (Å²) in [5.74, 6) is -0.538. The number of aromatic carboxylic acids is 1. The molecule has 2 heterocycles. The minimum absolute atomic E-state index is 0.00655. The molecule has 1 N–H and O–H groups in total. The van der Waals surface area contributed by atoms with Gasteiger partial charge in [0.2, 0.25) is 5.91 Å². The second-order valence-corrected chi connectivity index (χ2v) is 4.83. The Bertz CT molecular complexity index is 521. The van der Waals surface area contributed by atoms with Crippen LogP contribution in [0.4, 0.5) is 5.82 Å². The van der Waals surface area contributed by atoms with Gasteiger partial charge in [-0.2, -0.15) is 0 Å². The molecule has 1 saturated heterocycles. The van der Waals surface area contributed by atoms with E-state index >= 15 is 0 Å². The van der Waals surface area contributed by atoms with Gasteiger partial charge < -0.3 is 19.6 Å². The van der Waals surface area contributed by atoms with E-state index in [1.807, 2.05) is 4.90 Å². The van der Waals surface area contributed by atoms with Crippen LogP contribution in [-0.2, 0) is 9.53 Å². The molecule has 1 aromatic heterocycles. The highest BCUT2D eigenvalue weighted by Crippen LogP contribution is 2.15. The minimum Gasteiger partial charge on any atom is -0.477 e. The normalized spacial score (nSPS) is 16.0. The largest absolute Gasteiger partial charge is 0.477 e. The van der Waals surface area contributed by atoms with Crippen LogP contribution >= 0.6 is 0 Å². The zero-order valence-electron chi connectivity index (χ0n) is 12.0. The number of hydrogen-bond donors (Lipinski definition) is 1. The highest BCUT2D eigenvalue weighted by molar-refractivity contribution is 5.86. The van der Waals surface area contributed by atoms with E-state index in [-0.39, 0.29) is 18.1 Å². The molecular weight excluding hydrogens is 274 g/mol. The first-order valence-electron chi connectivity index (χ1n) is 6.84. The molecule has 1 amide bonds. The van der Waals surface area contributed by atoms with Crippen molar-refractivity contribution in [2.45, 2.75) is 6.42 Å². The van der Waals surface area contributed by atoms with Gasteiger partial charge in [-0.1, -0.05) is 6.07 Å². The van der Waals surface area contributed by atoms with Crippen molar-refractivity contribution in [2.75, 3.05) is 44.8 Å². The number of carbonyl (C=O) groups excluding carboxylic acids is 1. The van der Waals surface area contributed by atoms with Gasteiger partial charge in [0.15, 0.2) is 5.69 Å². The fraction of sp³-hybridized carbons (Fsp3) is 0.500. The van der Waals surface area contributed by atoms with Crippen molar-refractivity contribution in [3.05, 3.63) is 23.9 Å². The number of amides is 1. The first kappa shape index (κ1) is 15.2. The summed E-state index contributed by atoms with van der Waals surface area (Å²) in [4.78, 5) is 30.9. The Labute approximate surface area is 123 Å². The third-order valence-corrected chi connectivity index (χ3v) is 3.38. The molecule has 0 atom stereocenters. The number of methoxy groups -OCH3 is 1. The van der Waals surface area contributed by atoms with Crippen LogP contribution in [0, 0.1) is 0 Å². The Balaban J connectivity index is 2.09. The van der Waals surface area contributed by atoms with Crippen LogP contribution in [0.3, 0.4) is 0 Å². The molecule has 1 fully saturated rings. The van der Waals surface area contributed by atoms with E-state index in [4.69, 9.17) is 9.84 Å². The predicted octanol–water partition coefficient (Wildman–Crippen LogP) is 0.465. The van der Waals surface area contributed by atoms with E-state index in [1.54, 1.807) is 24.1 Å². The van der Waals surface area contributed by atoms with Crippen molar-refractivity contribution in [3.8, 4) is 0 Å². The molecule has 0 bridgehead atoms. The van der Waals surface area contributed by atoms with Crippen LogP contribution in [0.5, 0.6) is 0 Å². The van der Waals surface area contributed by atoms with Gasteiger partial charge in [0, 0.05) is 26.7 Å². The highest BCUT2D eigenvalue weighted by atomic mass is 16.5. The molecule has 0 spiro atoms. The van der Waals surface area contributed by atoms with Crippen LogP contribution in [0.1, 0.15) is 16.9 Å². The van der Waals surface area contributed by atoms with Crippen molar-refractivity contribution >= 4 is 17.7 Å². The number of aromatic nitrogens is 1. The molecule has 1 aliphatic rings. The van der Waals surface area contributed by atoms with Crippen molar-refractivity contribution < 1.29 is 19.4 Å². The van der Waals surface area contributed by atoms with Crippen molar-refractivity contribution in [2.24, 2.45) is 0 Å².